The Labute approximate surface area is 191 Å². The second-order valence-electron chi connectivity index (χ2n) is 7.73. The number of carbonyl (C=O) groups excluding carboxylic acids is 2. The van der Waals surface area contributed by atoms with Crippen LogP contribution in [-0.4, -0.2) is 41.5 Å². The zero-order valence-corrected chi connectivity index (χ0v) is 18.5. The van der Waals surface area contributed by atoms with Gasteiger partial charge in [0.1, 0.15) is 6.61 Å². The maximum absolute atomic E-state index is 12.3. The fraction of sp³-hybridized carbons (Fsp3) is 0.292. The number of anilines is 2. The Bertz CT molecular complexity index is 1030. The van der Waals surface area contributed by atoms with Crippen molar-refractivity contribution in [3.8, 4) is 0 Å². The lowest BCUT2D eigenvalue weighted by atomic mass is 9.97. The molecule has 0 saturated carbocycles. The number of rotatable bonds is 7. The predicted molar refractivity (Wildman–Crippen MR) is 126 cm³/mol. The van der Waals surface area contributed by atoms with Gasteiger partial charge < -0.3 is 10.1 Å². The molecule has 32 heavy (non-hydrogen) atoms. The van der Waals surface area contributed by atoms with Crippen LogP contribution >= 0.6 is 11.3 Å². The van der Waals surface area contributed by atoms with Gasteiger partial charge in [-0.05, 0) is 37.1 Å². The summed E-state index contributed by atoms with van der Waals surface area (Å²) in [4.78, 5) is 32.1. The third kappa shape index (κ3) is 6.38. The number of esters is 1. The molecule has 1 aliphatic rings. The van der Waals surface area contributed by atoms with Gasteiger partial charge in [0.15, 0.2) is 5.13 Å². The molecule has 1 unspecified atom stereocenters. The highest BCUT2D eigenvalue weighted by atomic mass is 32.1. The average molecular weight is 451 g/mol. The molecule has 1 aliphatic heterocycles. The van der Waals surface area contributed by atoms with Crippen LogP contribution in [0.5, 0.6) is 0 Å². The molecule has 0 aliphatic carbocycles. The summed E-state index contributed by atoms with van der Waals surface area (Å²) >= 11 is 1.48. The molecule has 2 amide bonds. The van der Waals surface area contributed by atoms with Crippen molar-refractivity contribution in [1.82, 2.24) is 9.88 Å². The summed E-state index contributed by atoms with van der Waals surface area (Å²) in [5, 5.41) is 6.15. The molecule has 8 heteroatoms. The molecule has 166 valence electrons. The van der Waals surface area contributed by atoms with Gasteiger partial charge in [-0.2, -0.15) is 0 Å². The van der Waals surface area contributed by atoms with Crippen LogP contribution in [0.4, 0.5) is 15.6 Å². The van der Waals surface area contributed by atoms with Gasteiger partial charge in [0.2, 0.25) is 0 Å². The van der Waals surface area contributed by atoms with Gasteiger partial charge >= 0.3 is 12.0 Å². The number of nitrogens with zero attached hydrogens (tertiary/aromatic N) is 2. The lowest BCUT2D eigenvalue weighted by molar-refractivity contribution is -0.146. The van der Waals surface area contributed by atoms with Gasteiger partial charge in [-0.3, -0.25) is 15.0 Å². The number of urea groups is 1. The topological polar surface area (TPSA) is 83.6 Å². The predicted octanol–water partition coefficient (Wildman–Crippen LogP) is 4.71. The van der Waals surface area contributed by atoms with Crippen molar-refractivity contribution in [2.24, 2.45) is 0 Å². The normalized spacial score (nSPS) is 16.3. The van der Waals surface area contributed by atoms with Gasteiger partial charge in [0, 0.05) is 29.2 Å². The lowest BCUT2D eigenvalue weighted by Crippen LogP contribution is -2.38. The van der Waals surface area contributed by atoms with E-state index in [2.05, 4.69) is 20.5 Å². The third-order valence-corrected chi connectivity index (χ3v) is 6.35. The van der Waals surface area contributed by atoms with Crippen LogP contribution in [-0.2, 0) is 16.1 Å². The number of nitrogens with one attached hydrogen (secondary N) is 2. The maximum Gasteiger partial charge on any atom is 0.325 e. The molecule has 2 heterocycles. The zero-order valence-electron chi connectivity index (χ0n) is 17.7. The van der Waals surface area contributed by atoms with Crippen LogP contribution in [0.3, 0.4) is 0 Å². The molecule has 0 bridgehead atoms. The highest BCUT2D eigenvalue weighted by Gasteiger charge is 2.25. The molecule has 1 fully saturated rings. The SMILES string of the molecule is O=C(Nc1ccccc1)Nc1ncc(C2CCCN(CC(=O)OCc3ccccc3)C2)s1. The fourth-order valence-corrected chi connectivity index (χ4v) is 4.65. The highest BCUT2D eigenvalue weighted by molar-refractivity contribution is 7.15. The number of amides is 2. The molecular weight excluding hydrogens is 424 g/mol. The molecule has 0 spiro atoms. The summed E-state index contributed by atoms with van der Waals surface area (Å²) in [6, 6.07) is 18.7. The van der Waals surface area contributed by atoms with E-state index in [0.717, 1.165) is 42.1 Å². The Hall–Kier alpha value is -3.23. The first-order valence-corrected chi connectivity index (χ1v) is 11.5. The van der Waals surface area contributed by atoms with Crippen molar-refractivity contribution < 1.29 is 14.3 Å². The first kappa shape index (κ1) is 22.0. The number of likely N-dealkylation sites (tertiary alicyclic amines) is 1. The minimum atomic E-state index is -0.316. The van der Waals surface area contributed by atoms with E-state index >= 15 is 0 Å². The van der Waals surface area contributed by atoms with Crippen LogP contribution in [0.25, 0.3) is 0 Å². The number of hydrogen-bond acceptors (Lipinski definition) is 6. The second kappa shape index (κ2) is 10.9. The Balaban J connectivity index is 1.25. The van der Waals surface area contributed by atoms with Crippen LogP contribution < -0.4 is 10.6 Å². The molecule has 2 N–H and O–H groups in total. The number of aromatic nitrogens is 1. The van der Waals surface area contributed by atoms with E-state index in [1.165, 1.54) is 11.3 Å². The van der Waals surface area contributed by atoms with E-state index in [0.29, 0.717) is 11.7 Å². The molecule has 1 saturated heterocycles. The first-order chi connectivity index (χ1) is 15.7. The minimum absolute atomic E-state index is 0.209. The Morgan fingerprint density at radius 3 is 2.59 bits per heavy atom. The lowest BCUT2D eigenvalue weighted by Gasteiger charge is -2.31. The van der Waals surface area contributed by atoms with Crippen molar-refractivity contribution in [2.75, 3.05) is 30.3 Å². The van der Waals surface area contributed by atoms with E-state index in [-0.39, 0.29) is 24.5 Å². The van der Waals surface area contributed by atoms with E-state index in [1.54, 1.807) is 0 Å². The second-order valence-corrected chi connectivity index (χ2v) is 8.80. The van der Waals surface area contributed by atoms with Crippen molar-refractivity contribution in [2.45, 2.75) is 25.4 Å². The Morgan fingerprint density at radius 1 is 1.06 bits per heavy atom. The molecular formula is C24H26N4O3S. The maximum atomic E-state index is 12.3. The minimum Gasteiger partial charge on any atom is -0.460 e. The van der Waals surface area contributed by atoms with Crippen molar-refractivity contribution in [3.05, 3.63) is 77.3 Å². The average Bonchev–Trinajstić information content (AvgIpc) is 3.27. The summed E-state index contributed by atoms with van der Waals surface area (Å²) in [5.74, 6) is 0.0784. The monoisotopic (exact) mass is 450 g/mol. The number of thiazole rings is 1. The Kier molecular flexibility index (Phi) is 7.47. The van der Waals surface area contributed by atoms with E-state index in [1.807, 2.05) is 66.9 Å². The first-order valence-electron chi connectivity index (χ1n) is 10.7. The van der Waals surface area contributed by atoms with Crippen LogP contribution in [0.15, 0.2) is 66.9 Å². The molecule has 1 atom stereocenters. The quantitative estimate of drug-likeness (QED) is 0.510. The van der Waals surface area contributed by atoms with E-state index < -0.39 is 0 Å². The molecule has 3 aromatic rings. The van der Waals surface area contributed by atoms with E-state index in [4.69, 9.17) is 4.74 Å². The summed E-state index contributed by atoms with van der Waals surface area (Å²) in [5.41, 5.74) is 1.71. The zero-order chi connectivity index (χ0) is 22.2. The number of carbonyl (C=O) groups is 2. The highest BCUT2D eigenvalue weighted by Crippen LogP contribution is 2.32. The van der Waals surface area contributed by atoms with E-state index in [9.17, 15) is 9.59 Å². The number of ether oxygens (including phenoxy) is 1. The van der Waals surface area contributed by atoms with Crippen LogP contribution in [0, 0.1) is 0 Å². The Morgan fingerprint density at radius 2 is 1.81 bits per heavy atom. The van der Waals surface area contributed by atoms with Gasteiger partial charge in [-0.15, -0.1) is 11.3 Å². The van der Waals surface area contributed by atoms with Crippen molar-refractivity contribution >= 4 is 34.2 Å². The smallest absolute Gasteiger partial charge is 0.325 e. The van der Waals surface area contributed by atoms with Gasteiger partial charge in [-0.1, -0.05) is 48.5 Å². The standard InChI is InChI=1S/C24H26N4O3S/c29-22(31-17-18-8-3-1-4-9-18)16-28-13-7-10-19(15-28)21-14-25-24(32-21)27-23(30)26-20-11-5-2-6-12-20/h1-6,8-9,11-12,14,19H,7,10,13,15-17H2,(H2,25,26,27,30). The third-order valence-electron chi connectivity index (χ3n) is 5.28. The number of benzene rings is 2. The van der Waals surface area contributed by atoms with Crippen LogP contribution in [0.2, 0.25) is 0 Å². The summed E-state index contributed by atoms with van der Waals surface area (Å²) < 4.78 is 5.42. The summed E-state index contributed by atoms with van der Waals surface area (Å²) in [6.45, 7) is 2.23. The molecule has 4 rings (SSSR count). The van der Waals surface area contributed by atoms with Crippen LogP contribution in [0.1, 0.15) is 29.2 Å². The van der Waals surface area contributed by atoms with Crippen molar-refractivity contribution in [1.29, 1.82) is 0 Å². The molecule has 1 aromatic heterocycles. The number of para-hydroxylation sites is 1. The fourth-order valence-electron chi connectivity index (χ4n) is 3.71. The van der Waals surface area contributed by atoms with Gasteiger partial charge in [0.05, 0.1) is 6.54 Å². The van der Waals surface area contributed by atoms with Crippen molar-refractivity contribution in [3.63, 3.8) is 0 Å². The number of hydrogen-bond donors (Lipinski definition) is 2. The van der Waals surface area contributed by atoms with Gasteiger partial charge in [-0.25, -0.2) is 9.78 Å². The molecule has 7 nitrogen and oxygen atoms in total. The summed E-state index contributed by atoms with van der Waals surface area (Å²) in [7, 11) is 0. The molecule has 2 aromatic carbocycles. The largest absolute Gasteiger partial charge is 0.460 e. The molecule has 0 radical (unpaired) electrons. The van der Waals surface area contributed by atoms with Gasteiger partial charge in [0.25, 0.3) is 0 Å². The number of piperidine rings is 1. The summed E-state index contributed by atoms with van der Waals surface area (Å²) in [6.07, 6.45) is 3.86.